The summed E-state index contributed by atoms with van der Waals surface area (Å²) in [5.74, 6) is 0.650. The van der Waals surface area contributed by atoms with Gasteiger partial charge in [-0.1, -0.05) is 19.3 Å². The summed E-state index contributed by atoms with van der Waals surface area (Å²) in [6.07, 6.45) is 8.60. The van der Waals surface area contributed by atoms with E-state index in [0.717, 1.165) is 25.0 Å². The zero-order valence-corrected chi connectivity index (χ0v) is 17.8. The number of fused-ring (bicyclic) bond motifs is 4. The first kappa shape index (κ1) is 20.3. The van der Waals surface area contributed by atoms with E-state index in [4.69, 9.17) is 0 Å². The van der Waals surface area contributed by atoms with Crippen LogP contribution in [0.3, 0.4) is 0 Å². The minimum absolute atomic E-state index is 0.0197. The van der Waals surface area contributed by atoms with Gasteiger partial charge in [0.2, 0.25) is 5.91 Å². The summed E-state index contributed by atoms with van der Waals surface area (Å²) in [5.41, 5.74) is 1.55. The number of likely N-dealkylation sites (tertiary alicyclic amines) is 1. The van der Waals surface area contributed by atoms with Crippen molar-refractivity contribution in [3.63, 3.8) is 0 Å². The lowest BCUT2D eigenvalue weighted by Crippen LogP contribution is -2.53. The average Bonchev–Trinajstić information content (AvgIpc) is 2.71. The second-order valence-electron chi connectivity index (χ2n) is 8.55. The normalized spacial score (nSPS) is 24.0. The number of thioether (sulfide) groups is 1. The molecule has 2 bridgehead atoms. The van der Waals surface area contributed by atoms with Crippen LogP contribution in [-0.2, 0) is 11.3 Å². The second kappa shape index (κ2) is 8.81. The lowest BCUT2D eigenvalue weighted by atomic mass is 9.82. The second-order valence-corrected chi connectivity index (χ2v) is 9.42. The van der Waals surface area contributed by atoms with Gasteiger partial charge < -0.3 is 20.1 Å². The summed E-state index contributed by atoms with van der Waals surface area (Å²) in [5, 5.41) is 6.20. The van der Waals surface area contributed by atoms with E-state index in [0.29, 0.717) is 31.1 Å². The first-order chi connectivity index (χ1) is 14.0. The maximum absolute atomic E-state index is 12.9. The molecule has 0 radical (unpaired) electrons. The highest BCUT2D eigenvalue weighted by atomic mass is 32.2. The molecule has 158 valence electrons. The molecule has 2 unspecified atom stereocenters. The maximum atomic E-state index is 12.9. The Hall–Kier alpha value is -1.96. The first-order valence-corrected chi connectivity index (χ1v) is 12.0. The molecule has 8 heteroatoms. The predicted molar refractivity (Wildman–Crippen MR) is 116 cm³/mol. The molecule has 2 aliphatic heterocycles. The molecule has 4 rings (SSSR count). The minimum atomic E-state index is -0.0659. The zero-order chi connectivity index (χ0) is 20.4. The molecule has 2 N–H and O–H groups in total. The van der Waals surface area contributed by atoms with E-state index >= 15 is 0 Å². The number of nitrogens with zero attached hydrogens (tertiary/aromatic N) is 2. The Balaban J connectivity index is 1.53. The monoisotopic (exact) mass is 418 g/mol. The van der Waals surface area contributed by atoms with Crippen molar-refractivity contribution in [3.05, 3.63) is 28.2 Å². The van der Waals surface area contributed by atoms with Crippen LogP contribution in [0.15, 0.2) is 16.9 Å². The summed E-state index contributed by atoms with van der Waals surface area (Å²) in [7, 11) is 0. The van der Waals surface area contributed by atoms with Crippen LogP contribution in [0.4, 0.5) is 10.5 Å². The average molecular weight is 419 g/mol. The van der Waals surface area contributed by atoms with Gasteiger partial charge in [0, 0.05) is 43.4 Å². The van der Waals surface area contributed by atoms with Crippen LogP contribution in [0.5, 0.6) is 0 Å². The molecular weight excluding hydrogens is 388 g/mol. The summed E-state index contributed by atoms with van der Waals surface area (Å²) < 4.78 is 1.81. The molecule has 2 fully saturated rings. The van der Waals surface area contributed by atoms with Gasteiger partial charge in [-0.05, 0) is 37.5 Å². The summed E-state index contributed by atoms with van der Waals surface area (Å²) >= 11 is 1.47. The molecule has 1 saturated heterocycles. The fraction of sp³-hybridized carbons (Fsp3) is 0.667. The number of hydrogen-bond donors (Lipinski definition) is 2. The molecule has 0 aromatic carbocycles. The van der Waals surface area contributed by atoms with Crippen molar-refractivity contribution in [1.29, 1.82) is 0 Å². The smallest absolute Gasteiger partial charge is 0.317 e. The molecule has 2 atom stereocenters. The molecule has 7 nitrogen and oxygen atoms in total. The molecule has 1 saturated carbocycles. The van der Waals surface area contributed by atoms with Gasteiger partial charge >= 0.3 is 6.03 Å². The molecule has 1 aromatic rings. The Morgan fingerprint density at radius 2 is 1.93 bits per heavy atom. The van der Waals surface area contributed by atoms with Crippen molar-refractivity contribution < 1.29 is 9.59 Å². The SMILES string of the molecule is CSCC(=O)Nc1ccc(=O)n2c1C1CC(CN(C(=O)NC3CCCCC3)C1)C2. The number of aromatic nitrogens is 1. The fourth-order valence-electron chi connectivity index (χ4n) is 5.12. The van der Waals surface area contributed by atoms with E-state index in [2.05, 4.69) is 10.6 Å². The molecule has 3 heterocycles. The third kappa shape index (κ3) is 4.47. The highest BCUT2D eigenvalue weighted by molar-refractivity contribution is 7.99. The van der Waals surface area contributed by atoms with Gasteiger partial charge in [0.05, 0.1) is 11.4 Å². The summed E-state index contributed by atoms with van der Waals surface area (Å²) in [6.45, 7) is 1.87. The molecule has 1 aromatic heterocycles. The van der Waals surface area contributed by atoms with Gasteiger partial charge in [0.1, 0.15) is 0 Å². The number of pyridine rings is 1. The summed E-state index contributed by atoms with van der Waals surface area (Å²) in [4.78, 5) is 39.5. The third-order valence-electron chi connectivity index (χ3n) is 6.36. The number of rotatable bonds is 4. The quantitative estimate of drug-likeness (QED) is 0.787. The van der Waals surface area contributed by atoms with Crippen LogP contribution in [0.2, 0.25) is 0 Å². The van der Waals surface area contributed by atoms with E-state index in [9.17, 15) is 14.4 Å². The van der Waals surface area contributed by atoms with Crippen LogP contribution in [0.1, 0.15) is 50.1 Å². The lowest BCUT2D eigenvalue weighted by molar-refractivity contribution is -0.113. The first-order valence-electron chi connectivity index (χ1n) is 10.6. The van der Waals surface area contributed by atoms with Gasteiger partial charge in [0.15, 0.2) is 0 Å². The lowest BCUT2D eigenvalue weighted by Gasteiger charge is -2.43. The highest BCUT2D eigenvalue weighted by Crippen LogP contribution is 2.38. The Labute approximate surface area is 175 Å². The fourth-order valence-corrected chi connectivity index (χ4v) is 5.45. The van der Waals surface area contributed by atoms with Gasteiger partial charge in [-0.2, -0.15) is 11.8 Å². The number of anilines is 1. The molecule has 0 spiro atoms. The Kier molecular flexibility index (Phi) is 6.18. The number of carbonyl (C=O) groups is 2. The van der Waals surface area contributed by atoms with E-state index < -0.39 is 0 Å². The van der Waals surface area contributed by atoms with Crippen molar-refractivity contribution in [2.45, 2.75) is 57.0 Å². The maximum Gasteiger partial charge on any atom is 0.317 e. The van der Waals surface area contributed by atoms with Crippen LogP contribution >= 0.6 is 11.8 Å². The van der Waals surface area contributed by atoms with Crippen LogP contribution in [-0.4, -0.2) is 52.5 Å². The number of nitrogens with one attached hydrogen (secondary N) is 2. The van der Waals surface area contributed by atoms with Crippen molar-refractivity contribution in [3.8, 4) is 0 Å². The highest BCUT2D eigenvalue weighted by Gasteiger charge is 2.38. The van der Waals surface area contributed by atoms with Crippen molar-refractivity contribution in [1.82, 2.24) is 14.8 Å². The van der Waals surface area contributed by atoms with Gasteiger partial charge in [-0.15, -0.1) is 0 Å². The van der Waals surface area contributed by atoms with Crippen molar-refractivity contribution in [2.75, 3.05) is 30.4 Å². The van der Waals surface area contributed by atoms with Crippen LogP contribution < -0.4 is 16.2 Å². The summed E-state index contributed by atoms with van der Waals surface area (Å²) in [6, 6.07) is 3.56. The number of hydrogen-bond acceptors (Lipinski definition) is 4. The van der Waals surface area contributed by atoms with Crippen molar-refractivity contribution in [2.24, 2.45) is 5.92 Å². The van der Waals surface area contributed by atoms with Gasteiger partial charge in [0.25, 0.3) is 5.56 Å². The van der Waals surface area contributed by atoms with E-state index in [1.165, 1.54) is 37.1 Å². The molecular formula is C21H30N4O3S. The number of piperidine rings is 1. The molecule has 29 heavy (non-hydrogen) atoms. The third-order valence-corrected chi connectivity index (χ3v) is 6.91. The molecule has 3 aliphatic rings. The van der Waals surface area contributed by atoms with Gasteiger partial charge in [-0.25, -0.2) is 4.79 Å². The van der Waals surface area contributed by atoms with E-state index in [-0.39, 0.29) is 35.4 Å². The Morgan fingerprint density at radius 1 is 1.14 bits per heavy atom. The Bertz CT molecular complexity index is 834. The zero-order valence-electron chi connectivity index (χ0n) is 17.0. The molecule has 1 aliphatic carbocycles. The number of amides is 3. The van der Waals surface area contributed by atoms with Gasteiger partial charge in [-0.3, -0.25) is 9.59 Å². The standard InChI is InChI=1S/C21H30N4O3S/c1-29-13-18(26)23-17-7-8-19(27)25-11-14-9-15(20(17)25)12-24(10-14)21(28)22-16-5-3-2-4-6-16/h7-8,14-16H,2-6,9-13H2,1H3,(H,22,28)(H,23,26). The van der Waals surface area contributed by atoms with E-state index in [1.54, 1.807) is 6.07 Å². The van der Waals surface area contributed by atoms with Crippen LogP contribution in [0.25, 0.3) is 0 Å². The Morgan fingerprint density at radius 3 is 2.69 bits per heavy atom. The number of carbonyl (C=O) groups excluding carboxylic acids is 2. The largest absolute Gasteiger partial charge is 0.335 e. The van der Waals surface area contributed by atoms with Crippen molar-refractivity contribution >= 4 is 29.4 Å². The predicted octanol–water partition coefficient (Wildman–Crippen LogP) is 2.61. The minimum Gasteiger partial charge on any atom is -0.335 e. The van der Waals surface area contributed by atoms with E-state index in [1.807, 2.05) is 15.7 Å². The topological polar surface area (TPSA) is 83.4 Å². The van der Waals surface area contributed by atoms with Crippen LogP contribution in [0, 0.1) is 5.92 Å². The number of urea groups is 1. The molecule has 3 amide bonds.